The molecule has 0 radical (unpaired) electrons. The molecule has 4 rings (SSSR count). The second-order valence-electron chi connectivity index (χ2n) is 7.76. The lowest BCUT2D eigenvalue weighted by molar-refractivity contribution is -0.131. The van der Waals surface area contributed by atoms with E-state index < -0.39 is 0 Å². The molecule has 150 valence electrons. The van der Waals surface area contributed by atoms with E-state index in [4.69, 9.17) is 0 Å². The quantitative estimate of drug-likeness (QED) is 0.728. The SMILES string of the molecule is Cc1ccccc1-n1c(CC2CCN(C(=O)Cc3ccccc3)CC2)n[nH]c1=O. The normalized spacial score (nSPS) is 14.9. The number of likely N-dealkylation sites (tertiary alicyclic amines) is 1. The Balaban J connectivity index is 1.39. The summed E-state index contributed by atoms with van der Waals surface area (Å²) in [5, 5.41) is 6.88. The van der Waals surface area contributed by atoms with Gasteiger partial charge in [-0.05, 0) is 42.9 Å². The number of aryl methyl sites for hydroxylation is 1. The molecule has 0 saturated carbocycles. The van der Waals surface area contributed by atoms with Crippen LogP contribution < -0.4 is 5.69 Å². The Kier molecular flexibility index (Phi) is 5.60. The van der Waals surface area contributed by atoms with Crippen molar-refractivity contribution in [1.82, 2.24) is 19.7 Å². The van der Waals surface area contributed by atoms with Crippen molar-refractivity contribution in [2.45, 2.75) is 32.6 Å². The minimum atomic E-state index is -0.204. The second kappa shape index (κ2) is 8.47. The molecule has 2 heterocycles. The Morgan fingerprint density at radius 2 is 1.76 bits per heavy atom. The molecule has 1 N–H and O–H groups in total. The zero-order valence-corrected chi connectivity index (χ0v) is 16.7. The number of carbonyl (C=O) groups is 1. The fourth-order valence-corrected chi connectivity index (χ4v) is 4.06. The maximum Gasteiger partial charge on any atom is 0.347 e. The van der Waals surface area contributed by atoms with Crippen LogP contribution in [0, 0.1) is 12.8 Å². The van der Waals surface area contributed by atoms with E-state index in [2.05, 4.69) is 10.2 Å². The van der Waals surface area contributed by atoms with Crippen molar-refractivity contribution in [2.24, 2.45) is 5.92 Å². The molecular weight excluding hydrogens is 364 g/mol. The summed E-state index contributed by atoms with van der Waals surface area (Å²) in [6.07, 6.45) is 3.04. The van der Waals surface area contributed by atoms with Crippen molar-refractivity contribution in [3.8, 4) is 5.69 Å². The first-order valence-corrected chi connectivity index (χ1v) is 10.2. The third-order valence-corrected chi connectivity index (χ3v) is 5.73. The van der Waals surface area contributed by atoms with Crippen LogP contribution in [0.2, 0.25) is 0 Å². The molecule has 0 aliphatic carbocycles. The third-order valence-electron chi connectivity index (χ3n) is 5.73. The Hall–Kier alpha value is -3.15. The number of nitrogens with one attached hydrogen (secondary N) is 1. The zero-order chi connectivity index (χ0) is 20.2. The number of nitrogens with zero attached hydrogens (tertiary/aromatic N) is 3. The summed E-state index contributed by atoms with van der Waals surface area (Å²) < 4.78 is 1.68. The first-order chi connectivity index (χ1) is 14.1. The molecule has 3 aromatic rings. The second-order valence-corrected chi connectivity index (χ2v) is 7.76. The van der Waals surface area contributed by atoms with E-state index in [-0.39, 0.29) is 11.6 Å². The van der Waals surface area contributed by atoms with Crippen LogP contribution in [0.15, 0.2) is 59.4 Å². The van der Waals surface area contributed by atoms with Gasteiger partial charge in [0.25, 0.3) is 0 Å². The van der Waals surface area contributed by atoms with Crippen LogP contribution in [-0.4, -0.2) is 38.7 Å². The number of benzene rings is 2. The summed E-state index contributed by atoms with van der Waals surface area (Å²) >= 11 is 0. The number of carbonyl (C=O) groups excluding carboxylic acids is 1. The number of hydrogen-bond donors (Lipinski definition) is 1. The van der Waals surface area contributed by atoms with E-state index in [1.165, 1.54) is 0 Å². The van der Waals surface area contributed by atoms with Crippen LogP contribution in [0.1, 0.15) is 29.8 Å². The molecule has 2 aromatic carbocycles. The molecule has 6 heteroatoms. The zero-order valence-electron chi connectivity index (χ0n) is 16.7. The Morgan fingerprint density at radius 3 is 2.48 bits per heavy atom. The van der Waals surface area contributed by atoms with Crippen molar-refractivity contribution < 1.29 is 4.79 Å². The number of aromatic nitrogens is 3. The van der Waals surface area contributed by atoms with Crippen LogP contribution in [0.5, 0.6) is 0 Å². The average molecular weight is 390 g/mol. The first-order valence-electron chi connectivity index (χ1n) is 10.2. The highest BCUT2D eigenvalue weighted by Crippen LogP contribution is 2.23. The van der Waals surface area contributed by atoms with Gasteiger partial charge in [0.1, 0.15) is 5.82 Å². The summed E-state index contributed by atoms with van der Waals surface area (Å²) in [5.41, 5.74) is 2.76. The summed E-state index contributed by atoms with van der Waals surface area (Å²) in [5.74, 6) is 1.36. The highest BCUT2D eigenvalue weighted by atomic mass is 16.2. The molecule has 1 saturated heterocycles. The number of amides is 1. The summed E-state index contributed by atoms with van der Waals surface area (Å²) in [7, 11) is 0. The van der Waals surface area contributed by atoms with Crippen LogP contribution in [0.25, 0.3) is 5.69 Å². The van der Waals surface area contributed by atoms with Gasteiger partial charge in [-0.2, -0.15) is 5.10 Å². The minimum Gasteiger partial charge on any atom is -0.342 e. The van der Waals surface area contributed by atoms with Gasteiger partial charge < -0.3 is 4.90 Å². The van der Waals surface area contributed by atoms with Crippen LogP contribution in [-0.2, 0) is 17.6 Å². The number of para-hydroxylation sites is 1. The molecule has 0 spiro atoms. The van der Waals surface area contributed by atoms with E-state index in [9.17, 15) is 9.59 Å². The largest absolute Gasteiger partial charge is 0.347 e. The summed E-state index contributed by atoms with van der Waals surface area (Å²) in [6, 6.07) is 17.7. The van der Waals surface area contributed by atoms with E-state index in [1.807, 2.05) is 66.4 Å². The predicted octanol–water partition coefficient (Wildman–Crippen LogP) is 2.89. The van der Waals surface area contributed by atoms with E-state index >= 15 is 0 Å². The average Bonchev–Trinajstić information content (AvgIpc) is 3.09. The van der Waals surface area contributed by atoms with Crippen molar-refractivity contribution in [2.75, 3.05) is 13.1 Å². The number of aromatic amines is 1. The lowest BCUT2D eigenvalue weighted by atomic mass is 9.92. The maximum absolute atomic E-state index is 12.6. The minimum absolute atomic E-state index is 0.186. The molecule has 1 aromatic heterocycles. The van der Waals surface area contributed by atoms with Gasteiger partial charge in [-0.15, -0.1) is 0 Å². The van der Waals surface area contributed by atoms with Crippen molar-refractivity contribution in [3.05, 3.63) is 82.0 Å². The lowest BCUT2D eigenvalue weighted by Crippen LogP contribution is -2.39. The monoisotopic (exact) mass is 390 g/mol. The molecule has 1 aliphatic heterocycles. The summed E-state index contributed by atoms with van der Waals surface area (Å²) in [4.78, 5) is 26.9. The Bertz CT molecular complexity index is 1030. The smallest absolute Gasteiger partial charge is 0.342 e. The van der Waals surface area contributed by atoms with Crippen molar-refractivity contribution in [1.29, 1.82) is 0 Å². The molecule has 6 nitrogen and oxygen atoms in total. The van der Waals surface area contributed by atoms with Gasteiger partial charge in [-0.3, -0.25) is 4.79 Å². The lowest BCUT2D eigenvalue weighted by Gasteiger charge is -2.32. The van der Waals surface area contributed by atoms with Gasteiger partial charge >= 0.3 is 5.69 Å². The van der Waals surface area contributed by atoms with Gasteiger partial charge in [0.05, 0.1) is 12.1 Å². The van der Waals surface area contributed by atoms with Gasteiger partial charge in [-0.1, -0.05) is 48.5 Å². The van der Waals surface area contributed by atoms with E-state index in [0.29, 0.717) is 12.3 Å². The van der Waals surface area contributed by atoms with Gasteiger partial charge in [0, 0.05) is 19.5 Å². The number of H-pyrrole nitrogens is 1. The molecular formula is C23H26N4O2. The van der Waals surface area contributed by atoms with Gasteiger partial charge in [0.15, 0.2) is 0 Å². The highest BCUT2D eigenvalue weighted by molar-refractivity contribution is 5.78. The molecule has 1 aliphatic rings. The molecule has 1 fully saturated rings. The fraction of sp³-hybridized carbons (Fsp3) is 0.348. The van der Waals surface area contributed by atoms with Crippen molar-refractivity contribution in [3.63, 3.8) is 0 Å². The number of piperidine rings is 1. The van der Waals surface area contributed by atoms with Crippen LogP contribution in [0.4, 0.5) is 0 Å². The predicted molar refractivity (Wildman–Crippen MR) is 112 cm³/mol. The van der Waals surface area contributed by atoms with Gasteiger partial charge in [-0.25, -0.2) is 14.5 Å². The standard InChI is InChI=1S/C23H26N4O2/c1-17-7-5-6-10-20(17)27-21(24-25-23(27)29)15-19-11-13-26(14-12-19)22(28)16-18-8-3-2-4-9-18/h2-10,19H,11-16H2,1H3,(H,25,29). The van der Waals surface area contributed by atoms with Crippen LogP contribution >= 0.6 is 0 Å². The van der Waals surface area contributed by atoms with Crippen molar-refractivity contribution >= 4 is 5.91 Å². The third kappa shape index (κ3) is 4.31. The molecule has 1 amide bonds. The molecule has 29 heavy (non-hydrogen) atoms. The van der Waals surface area contributed by atoms with E-state index in [0.717, 1.165) is 55.0 Å². The van der Waals surface area contributed by atoms with E-state index in [1.54, 1.807) is 4.57 Å². The summed E-state index contributed by atoms with van der Waals surface area (Å²) in [6.45, 7) is 3.51. The van der Waals surface area contributed by atoms with Crippen LogP contribution in [0.3, 0.4) is 0 Å². The number of rotatable bonds is 5. The highest BCUT2D eigenvalue weighted by Gasteiger charge is 2.25. The Morgan fingerprint density at radius 1 is 1.07 bits per heavy atom. The maximum atomic E-state index is 12.6. The number of hydrogen-bond acceptors (Lipinski definition) is 3. The first kappa shape index (κ1) is 19.2. The molecule has 0 atom stereocenters. The molecule has 0 bridgehead atoms. The molecule has 0 unspecified atom stereocenters. The van der Waals surface area contributed by atoms with Gasteiger partial charge in [0.2, 0.25) is 5.91 Å². The fourth-order valence-electron chi connectivity index (χ4n) is 4.06. The topological polar surface area (TPSA) is 71.0 Å². The Labute approximate surface area is 170 Å².